The van der Waals surface area contributed by atoms with E-state index in [2.05, 4.69) is 36.4 Å². The Kier molecular flexibility index (Phi) is 15.3. The van der Waals surface area contributed by atoms with Crippen molar-refractivity contribution in [1.29, 1.82) is 0 Å². The number of nitrogens with zero attached hydrogens (tertiary/aromatic N) is 3. The van der Waals surface area contributed by atoms with Crippen LogP contribution in [0, 0.1) is 5.82 Å². The molecule has 2 aromatic heterocycles. The number of benzene rings is 4. The van der Waals surface area contributed by atoms with Gasteiger partial charge in [-0.25, -0.2) is 14.0 Å². The number of hydrogen-bond donors (Lipinski definition) is 4. The van der Waals surface area contributed by atoms with E-state index in [4.69, 9.17) is 18.6 Å². The number of thioether (sulfide) groups is 1. The largest absolute Gasteiger partial charge is 0.453 e. The van der Waals surface area contributed by atoms with Crippen LogP contribution in [0.2, 0.25) is 0 Å². The highest BCUT2D eigenvalue weighted by molar-refractivity contribution is 7.99. The van der Waals surface area contributed by atoms with Gasteiger partial charge in [0.1, 0.15) is 18.5 Å². The first-order valence-corrected chi connectivity index (χ1v) is 21.0. The van der Waals surface area contributed by atoms with Crippen molar-refractivity contribution in [2.24, 2.45) is 0 Å². The van der Waals surface area contributed by atoms with E-state index in [1.54, 1.807) is 36.7 Å². The van der Waals surface area contributed by atoms with Crippen molar-refractivity contribution >= 4 is 35.5 Å². The molecule has 4 aromatic carbocycles. The van der Waals surface area contributed by atoms with Crippen LogP contribution in [-0.2, 0) is 32.0 Å². The minimum atomic E-state index is -1.02. The number of aromatic nitrogens is 3. The summed E-state index contributed by atoms with van der Waals surface area (Å²) < 4.78 is 36.5. The second-order valence-corrected chi connectivity index (χ2v) is 15.4. The monoisotopic (exact) mass is 859 g/mol. The van der Waals surface area contributed by atoms with E-state index < -0.39 is 36.2 Å². The molecule has 0 spiro atoms. The number of nitrogens with one attached hydrogen (secondary N) is 4. The summed E-state index contributed by atoms with van der Waals surface area (Å²) in [5.74, 6) is -0.528. The molecule has 14 nitrogen and oxygen atoms in total. The summed E-state index contributed by atoms with van der Waals surface area (Å²) in [5, 5.41) is 20.8. The third-order valence-corrected chi connectivity index (χ3v) is 11.2. The Morgan fingerprint density at radius 2 is 1.56 bits per heavy atom. The Labute approximate surface area is 362 Å². The number of para-hydroxylation sites is 1. The third kappa shape index (κ3) is 12.0. The highest BCUT2D eigenvalue weighted by Gasteiger charge is 2.35. The van der Waals surface area contributed by atoms with Gasteiger partial charge in [0.2, 0.25) is 11.8 Å². The maximum atomic E-state index is 14.3. The third-order valence-electron chi connectivity index (χ3n) is 10.3. The molecule has 1 saturated heterocycles. The minimum Gasteiger partial charge on any atom is -0.453 e. The molecule has 320 valence electrons. The summed E-state index contributed by atoms with van der Waals surface area (Å²) in [5.41, 5.74) is 4.64. The van der Waals surface area contributed by atoms with Gasteiger partial charge in [0.05, 0.1) is 25.4 Å². The summed E-state index contributed by atoms with van der Waals surface area (Å²) in [6.45, 7) is 0.660. The molecule has 0 radical (unpaired) electrons. The molecule has 0 aliphatic carbocycles. The molecule has 7 rings (SSSR count). The topological polar surface area (TPSA) is 179 Å². The summed E-state index contributed by atoms with van der Waals surface area (Å²) in [4.78, 5) is 43.7. The molecule has 1 aliphatic heterocycles. The molecule has 1 fully saturated rings. The lowest BCUT2D eigenvalue weighted by molar-refractivity contribution is -0.118. The number of rotatable bonds is 17. The van der Waals surface area contributed by atoms with Crippen molar-refractivity contribution in [2.45, 2.75) is 54.8 Å². The molecule has 0 saturated carbocycles. The van der Waals surface area contributed by atoms with Crippen LogP contribution < -0.4 is 21.3 Å². The average Bonchev–Trinajstić information content (AvgIpc) is 3.80. The Morgan fingerprint density at radius 3 is 2.27 bits per heavy atom. The van der Waals surface area contributed by atoms with E-state index in [9.17, 15) is 18.8 Å². The molecule has 4 unspecified atom stereocenters. The van der Waals surface area contributed by atoms with Crippen LogP contribution in [0.1, 0.15) is 34.6 Å². The van der Waals surface area contributed by atoms with Crippen molar-refractivity contribution in [3.05, 3.63) is 162 Å². The zero-order valence-corrected chi connectivity index (χ0v) is 34.6. The number of pyridine rings is 1. The van der Waals surface area contributed by atoms with Gasteiger partial charge < -0.3 is 39.9 Å². The van der Waals surface area contributed by atoms with E-state index in [0.29, 0.717) is 41.9 Å². The van der Waals surface area contributed by atoms with E-state index in [1.807, 2.05) is 84.9 Å². The first-order valence-electron chi connectivity index (χ1n) is 20.1. The number of alkyl carbamates (subject to hydrolysis) is 2. The molecule has 1 aliphatic rings. The molecule has 16 heteroatoms. The lowest BCUT2D eigenvalue weighted by Crippen LogP contribution is -2.56. The number of ether oxygens (including phenoxy) is 3. The van der Waals surface area contributed by atoms with E-state index in [0.717, 1.165) is 27.8 Å². The maximum Gasteiger partial charge on any atom is 0.407 e. The van der Waals surface area contributed by atoms with Gasteiger partial charge in [-0.05, 0) is 65.4 Å². The Hall–Kier alpha value is -6.62. The number of amides is 3. The number of aryl methyl sites for hydroxylation is 1. The molecule has 3 amide bonds. The second-order valence-electron chi connectivity index (χ2n) is 14.4. The van der Waals surface area contributed by atoms with Crippen molar-refractivity contribution in [3.8, 4) is 11.5 Å². The Balaban J connectivity index is 1.02. The Morgan fingerprint density at radius 1 is 0.871 bits per heavy atom. The molecule has 4 atom stereocenters. The van der Waals surface area contributed by atoms with Gasteiger partial charge in [-0.2, -0.15) is 0 Å². The lowest BCUT2D eigenvalue weighted by atomic mass is 9.84. The van der Waals surface area contributed by atoms with Crippen molar-refractivity contribution in [2.75, 3.05) is 31.3 Å². The number of carbonyl (C=O) groups excluding carboxylic acids is 3. The van der Waals surface area contributed by atoms with Crippen LogP contribution in [0.4, 0.5) is 19.7 Å². The fourth-order valence-electron chi connectivity index (χ4n) is 7.09. The summed E-state index contributed by atoms with van der Waals surface area (Å²) in [6.07, 6.45) is 2.38. The van der Waals surface area contributed by atoms with E-state index in [-0.39, 0.29) is 31.1 Å². The fourth-order valence-corrected chi connectivity index (χ4v) is 7.95. The van der Waals surface area contributed by atoms with Gasteiger partial charge in [0, 0.05) is 48.4 Å². The van der Waals surface area contributed by atoms with Gasteiger partial charge >= 0.3 is 12.2 Å². The van der Waals surface area contributed by atoms with Crippen molar-refractivity contribution < 1.29 is 37.4 Å². The molecule has 3 heterocycles. The number of methoxy groups -OCH3 is 1. The molecule has 6 aromatic rings. The summed E-state index contributed by atoms with van der Waals surface area (Å²) in [7, 11) is 1.26. The number of anilines is 1. The van der Waals surface area contributed by atoms with Crippen LogP contribution in [0.5, 0.6) is 0 Å². The first-order chi connectivity index (χ1) is 30.3. The predicted octanol–water partition coefficient (Wildman–Crippen LogP) is 7.14. The smallest absolute Gasteiger partial charge is 0.407 e. The van der Waals surface area contributed by atoms with Crippen molar-refractivity contribution in [3.63, 3.8) is 0 Å². The quantitative estimate of drug-likeness (QED) is 0.0683. The van der Waals surface area contributed by atoms with Crippen LogP contribution >= 0.6 is 11.8 Å². The van der Waals surface area contributed by atoms with Gasteiger partial charge in [0.25, 0.3) is 5.22 Å². The molecular weight excluding hydrogens is 814 g/mol. The SMILES string of the molecule is COC(=O)NC(C(=O)Nc1ccccc1CCC1CNC(COC(=O)NCc2ccc(F)cc2)C(CSc2nnc(-c3ccncc3)o2)O1)C(c1ccccc1)c1ccccc1. The average molecular weight is 860 g/mol. The van der Waals surface area contributed by atoms with Gasteiger partial charge in [0.15, 0.2) is 0 Å². The van der Waals surface area contributed by atoms with Crippen LogP contribution in [-0.4, -0.2) is 83.6 Å². The number of morpholine rings is 1. The zero-order valence-electron chi connectivity index (χ0n) is 33.8. The standard InChI is InChI=1S/C46H46FN7O7S/c1-58-45(57)52-41(40(32-11-4-2-5-12-32)33-13-6-3-7-14-33)42(55)51-37-15-9-8-10-31(37)18-21-36-27-49-38(28-59-44(56)50-26-30-16-19-35(47)20-17-30)39(60-36)29-62-46-54-53-43(61-46)34-22-24-48-25-23-34/h2-17,19-20,22-25,36,38-41,49H,18,21,26-29H2,1H3,(H,50,56)(H,51,55)(H,52,57). The maximum absolute atomic E-state index is 14.3. The first kappa shape index (κ1) is 43.5. The number of halogens is 1. The predicted molar refractivity (Wildman–Crippen MR) is 231 cm³/mol. The minimum absolute atomic E-state index is 0.0158. The van der Waals surface area contributed by atoms with E-state index in [1.165, 1.54) is 31.0 Å². The van der Waals surface area contributed by atoms with Crippen LogP contribution in [0.15, 0.2) is 143 Å². The zero-order chi connectivity index (χ0) is 43.1. The summed E-state index contributed by atoms with van der Waals surface area (Å²) in [6, 6.07) is 34.7. The number of hydrogen-bond acceptors (Lipinski definition) is 12. The molecule has 0 bridgehead atoms. The van der Waals surface area contributed by atoms with Crippen LogP contribution in [0.3, 0.4) is 0 Å². The highest BCUT2D eigenvalue weighted by atomic mass is 32.2. The fraction of sp³-hybridized carbons (Fsp3) is 0.261. The van der Waals surface area contributed by atoms with Crippen LogP contribution in [0.25, 0.3) is 11.5 Å². The van der Waals surface area contributed by atoms with Crippen molar-refractivity contribution in [1.82, 2.24) is 31.1 Å². The normalized spacial score (nSPS) is 16.5. The summed E-state index contributed by atoms with van der Waals surface area (Å²) >= 11 is 1.33. The lowest BCUT2D eigenvalue weighted by Gasteiger charge is -2.37. The number of carbonyl (C=O) groups is 3. The molecular formula is C46H46FN7O7S. The van der Waals surface area contributed by atoms with Gasteiger partial charge in [-0.3, -0.25) is 9.78 Å². The molecule has 4 N–H and O–H groups in total. The van der Waals surface area contributed by atoms with Gasteiger partial charge in [-0.15, -0.1) is 10.2 Å². The van der Waals surface area contributed by atoms with Gasteiger partial charge in [-0.1, -0.05) is 103 Å². The molecule has 62 heavy (non-hydrogen) atoms. The van der Waals surface area contributed by atoms with E-state index >= 15 is 0 Å². The highest BCUT2D eigenvalue weighted by Crippen LogP contribution is 2.31. The Bertz CT molecular complexity index is 2320. The second kappa shape index (κ2) is 21.8.